The van der Waals surface area contributed by atoms with Crippen molar-refractivity contribution in [1.82, 2.24) is 5.32 Å². The minimum Gasteiger partial charge on any atom is -0.465 e. The lowest BCUT2D eigenvalue weighted by atomic mass is 10.0. The average Bonchev–Trinajstić information content (AvgIpc) is 2.60. The lowest BCUT2D eigenvalue weighted by Crippen LogP contribution is -2.32. The second-order valence-electron chi connectivity index (χ2n) is 5.77. The van der Waals surface area contributed by atoms with Crippen LogP contribution in [0, 0.1) is 0 Å². The maximum atomic E-state index is 11.4. The molecule has 4 nitrogen and oxygen atoms in total. The van der Waals surface area contributed by atoms with Gasteiger partial charge in [-0.15, -0.1) is 0 Å². The van der Waals surface area contributed by atoms with Gasteiger partial charge in [-0.1, -0.05) is 35.9 Å². The van der Waals surface area contributed by atoms with E-state index < -0.39 is 6.10 Å². The molecule has 128 valence electrons. The Hall–Kier alpha value is -1.88. The molecule has 0 spiro atoms. The number of esters is 1. The first kappa shape index (κ1) is 18.5. The van der Waals surface area contributed by atoms with Gasteiger partial charge in [0, 0.05) is 17.6 Å². The van der Waals surface area contributed by atoms with E-state index in [4.69, 9.17) is 11.6 Å². The van der Waals surface area contributed by atoms with Crippen molar-refractivity contribution >= 4 is 17.6 Å². The van der Waals surface area contributed by atoms with Gasteiger partial charge in [-0.25, -0.2) is 4.79 Å². The number of ether oxygens (including phenoxy) is 1. The molecule has 0 aliphatic heterocycles. The van der Waals surface area contributed by atoms with E-state index in [2.05, 4.69) is 17.0 Å². The Balaban J connectivity index is 1.83. The average molecular weight is 348 g/mol. The smallest absolute Gasteiger partial charge is 0.337 e. The number of hydrogen-bond acceptors (Lipinski definition) is 4. The van der Waals surface area contributed by atoms with E-state index in [-0.39, 0.29) is 12.0 Å². The summed E-state index contributed by atoms with van der Waals surface area (Å²) in [5.74, 6) is -0.334. The van der Waals surface area contributed by atoms with Crippen molar-refractivity contribution in [1.29, 1.82) is 0 Å². The van der Waals surface area contributed by atoms with Gasteiger partial charge in [-0.2, -0.15) is 0 Å². The summed E-state index contributed by atoms with van der Waals surface area (Å²) in [6.45, 7) is 2.52. The third-order valence-corrected chi connectivity index (χ3v) is 4.08. The molecule has 0 saturated heterocycles. The van der Waals surface area contributed by atoms with Crippen LogP contribution >= 0.6 is 11.6 Å². The fourth-order valence-electron chi connectivity index (χ4n) is 2.44. The molecule has 0 bridgehead atoms. The molecule has 2 aromatic rings. The fraction of sp³-hybridized carbons (Fsp3) is 0.316. The summed E-state index contributed by atoms with van der Waals surface area (Å²) in [6, 6.07) is 14.7. The van der Waals surface area contributed by atoms with E-state index in [0.717, 1.165) is 17.5 Å². The molecule has 0 radical (unpaired) electrons. The van der Waals surface area contributed by atoms with E-state index in [9.17, 15) is 9.90 Å². The number of halogens is 1. The minimum absolute atomic E-state index is 0.191. The number of carbonyl (C=O) groups excluding carboxylic acids is 1. The summed E-state index contributed by atoms with van der Waals surface area (Å²) < 4.78 is 4.68. The van der Waals surface area contributed by atoms with E-state index in [1.165, 1.54) is 7.11 Å². The van der Waals surface area contributed by atoms with Gasteiger partial charge in [0.2, 0.25) is 0 Å². The highest BCUT2D eigenvalue weighted by atomic mass is 35.5. The molecule has 2 unspecified atom stereocenters. The van der Waals surface area contributed by atoms with E-state index in [0.29, 0.717) is 17.1 Å². The van der Waals surface area contributed by atoms with Crippen LogP contribution in [0.4, 0.5) is 0 Å². The van der Waals surface area contributed by atoms with Crippen LogP contribution < -0.4 is 5.32 Å². The van der Waals surface area contributed by atoms with Gasteiger partial charge in [0.15, 0.2) is 0 Å². The second kappa shape index (κ2) is 8.83. The molecule has 24 heavy (non-hydrogen) atoms. The Bertz CT molecular complexity index is 655. The van der Waals surface area contributed by atoms with Crippen LogP contribution in [0.5, 0.6) is 0 Å². The predicted octanol–water partition coefficient (Wildman–Crippen LogP) is 3.38. The fourth-order valence-corrected chi connectivity index (χ4v) is 2.56. The zero-order chi connectivity index (χ0) is 17.5. The molecule has 2 aromatic carbocycles. The zero-order valence-corrected chi connectivity index (χ0v) is 14.6. The number of nitrogens with one attached hydrogen (secondary N) is 1. The van der Waals surface area contributed by atoms with E-state index in [1.54, 1.807) is 24.3 Å². The summed E-state index contributed by atoms with van der Waals surface area (Å²) in [5.41, 5.74) is 2.49. The summed E-state index contributed by atoms with van der Waals surface area (Å²) in [6.07, 6.45) is 0.223. The van der Waals surface area contributed by atoms with Gasteiger partial charge >= 0.3 is 5.97 Å². The molecule has 2 rings (SSSR count). The van der Waals surface area contributed by atoms with Crippen molar-refractivity contribution < 1.29 is 14.6 Å². The first-order valence-corrected chi connectivity index (χ1v) is 8.21. The molecule has 0 aromatic heterocycles. The Morgan fingerprint density at radius 1 is 1.17 bits per heavy atom. The molecule has 0 saturated carbocycles. The van der Waals surface area contributed by atoms with Gasteiger partial charge < -0.3 is 15.2 Å². The number of carbonyl (C=O) groups is 1. The maximum absolute atomic E-state index is 11.4. The van der Waals surface area contributed by atoms with Crippen molar-refractivity contribution in [2.45, 2.75) is 25.5 Å². The molecule has 0 amide bonds. The van der Waals surface area contributed by atoms with Crippen LogP contribution in [0.15, 0.2) is 48.5 Å². The SMILES string of the molecule is COC(=O)c1ccc(CC(C)NCC(O)c2ccc(Cl)cc2)cc1. The standard InChI is InChI=1S/C19H22ClNO3/c1-13(11-14-3-5-16(6-4-14)19(23)24-2)21-12-18(22)15-7-9-17(20)10-8-15/h3-10,13,18,21-22H,11-12H2,1-2H3. The molecule has 0 heterocycles. The largest absolute Gasteiger partial charge is 0.465 e. The van der Waals surface area contributed by atoms with Crippen molar-refractivity contribution in [3.05, 3.63) is 70.2 Å². The zero-order valence-electron chi connectivity index (χ0n) is 13.8. The third-order valence-electron chi connectivity index (χ3n) is 3.83. The van der Waals surface area contributed by atoms with Crippen molar-refractivity contribution in [2.24, 2.45) is 0 Å². The normalized spacial score (nSPS) is 13.3. The summed E-state index contributed by atoms with van der Waals surface area (Å²) in [4.78, 5) is 11.4. The van der Waals surface area contributed by atoms with Crippen molar-refractivity contribution in [3.8, 4) is 0 Å². The number of methoxy groups -OCH3 is 1. The van der Waals surface area contributed by atoms with E-state index >= 15 is 0 Å². The molecular weight excluding hydrogens is 326 g/mol. The Labute approximate surface area is 147 Å². The number of benzene rings is 2. The number of aliphatic hydroxyl groups is 1. The van der Waals surface area contributed by atoms with Crippen molar-refractivity contribution in [3.63, 3.8) is 0 Å². The molecular formula is C19H22ClNO3. The first-order valence-electron chi connectivity index (χ1n) is 7.83. The molecule has 2 atom stereocenters. The van der Waals surface area contributed by atoms with Gasteiger partial charge in [0.05, 0.1) is 18.8 Å². The van der Waals surface area contributed by atoms with Gasteiger partial charge in [0.1, 0.15) is 0 Å². The Kier molecular flexibility index (Phi) is 6.79. The summed E-state index contributed by atoms with van der Waals surface area (Å²) in [5, 5.41) is 14.2. The maximum Gasteiger partial charge on any atom is 0.337 e. The van der Waals surface area contributed by atoms with Crippen LogP contribution in [-0.4, -0.2) is 30.8 Å². The number of rotatable bonds is 7. The van der Waals surface area contributed by atoms with Gasteiger partial charge in [-0.3, -0.25) is 0 Å². The Morgan fingerprint density at radius 2 is 1.79 bits per heavy atom. The van der Waals surface area contributed by atoms with Crippen LogP contribution in [0.3, 0.4) is 0 Å². The Morgan fingerprint density at radius 3 is 2.38 bits per heavy atom. The van der Waals surface area contributed by atoms with Crippen LogP contribution in [0.25, 0.3) is 0 Å². The van der Waals surface area contributed by atoms with Gasteiger partial charge in [0.25, 0.3) is 0 Å². The molecule has 0 aliphatic carbocycles. The first-order chi connectivity index (χ1) is 11.5. The van der Waals surface area contributed by atoms with Crippen LogP contribution in [0.1, 0.15) is 34.5 Å². The lowest BCUT2D eigenvalue weighted by molar-refractivity contribution is 0.0600. The third kappa shape index (κ3) is 5.34. The number of hydrogen-bond donors (Lipinski definition) is 2. The van der Waals surface area contributed by atoms with Crippen LogP contribution in [-0.2, 0) is 11.2 Å². The number of aliphatic hydroxyl groups excluding tert-OH is 1. The predicted molar refractivity (Wildman–Crippen MR) is 95.4 cm³/mol. The second-order valence-corrected chi connectivity index (χ2v) is 6.21. The lowest BCUT2D eigenvalue weighted by Gasteiger charge is -2.17. The highest BCUT2D eigenvalue weighted by Crippen LogP contribution is 2.16. The quantitative estimate of drug-likeness (QED) is 0.754. The topological polar surface area (TPSA) is 58.6 Å². The monoisotopic (exact) mass is 347 g/mol. The van der Waals surface area contributed by atoms with Crippen molar-refractivity contribution in [2.75, 3.05) is 13.7 Å². The van der Waals surface area contributed by atoms with E-state index in [1.807, 2.05) is 24.3 Å². The summed E-state index contributed by atoms with van der Waals surface area (Å²) in [7, 11) is 1.37. The highest BCUT2D eigenvalue weighted by Gasteiger charge is 2.11. The van der Waals surface area contributed by atoms with Crippen LogP contribution in [0.2, 0.25) is 5.02 Å². The highest BCUT2D eigenvalue weighted by molar-refractivity contribution is 6.30. The summed E-state index contributed by atoms with van der Waals surface area (Å²) >= 11 is 5.85. The minimum atomic E-state index is -0.577. The molecule has 0 aliphatic rings. The van der Waals surface area contributed by atoms with Gasteiger partial charge in [-0.05, 0) is 48.7 Å². The molecule has 0 fully saturated rings. The molecule has 5 heteroatoms. The molecule has 2 N–H and O–H groups in total.